The molecular weight excluding hydrogens is 516 g/mol. The molecule has 4 rings (SSSR count). The van der Waals surface area contributed by atoms with Crippen LogP contribution in [0.25, 0.3) is 0 Å². The van der Waals surface area contributed by atoms with Gasteiger partial charge in [-0.25, -0.2) is 16.8 Å². The normalized spacial score (nSPS) is 17.8. The minimum absolute atomic E-state index is 0.259. The fourth-order valence-corrected chi connectivity index (χ4v) is 8.00. The Balaban J connectivity index is 0.000000181. The number of hydrogen-bond donors (Lipinski definition) is 2. The van der Waals surface area contributed by atoms with Crippen molar-refractivity contribution in [3.05, 3.63) is 46.4 Å². The molecule has 2 saturated heterocycles. The molecule has 2 fully saturated rings. The van der Waals surface area contributed by atoms with Crippen molar-refractivity contribution in [2.75, 3.05) is 37.6 Å². The number of anilines is 2. The smallest absolute Gasteiger partial charge is 0.244 e. The number of rotatable bonds is 4. The SMILES string of the molecule is Cc1ccc(N)cc1S(=O)(=O)N1CCCC1.Nc1ccc(Br)c(S(=O)(=O)N2CCCC2)c1. The summed E-state index contributed by atoms with van der Waals surface area (Å²) in [5.41, 5.74) is 13.0. The summed E-state index contributed by atoms with van der Waals surface area (Å²) >= 11 is 3.25. The van der Waals surface area contributed by atoms with Gasteiger partial charge in [0.25, 0.3) is 0 Å². The summed E-state index contributed by atoms with van der Waals surface area (Å²) in [5.74, 6) is 0. The topological polar surface area (TPSA) is 127 Å². The highest BCUT2D eigenvalue weighted by atomic mass is 79.9. The minimum atomic E-state index is -3.39. The van der Waals surface area contributed by atoms with E-state index in [1.165, 1.54) is 14.7 Å². The Hall–Kier alpha value is -1.66. The van der Waals surface area contributed by atoms with Crippen LogP contribution in [0.3, 0.4) is 0 Å². The third-order valence-electron chi connectivity index (χ3n) is 5.53. The van der Waals surface area contributed by atoms with Crippen molar-refractivity contribution < 1.29 is 16.8 Å². The maximum Gasteiger partial charge on any atom is 0.244 e. The zero-order chi connectivity index (χ0) is 23.5. The van der Waals surface area contributed by atoms with E-state index in [1.807, 2.05) is 0 Å². The monoisotopic (exact) mass is 544 g/mol. The maximum absolute atomic E-state index is 12.3. The lowest BCUT2D eigenvalue weighted by Gasteiger charge is -2.17. The molecule has 4 N–H and O–H groups in total. The average molecular weight is 546 g/mol. The van der Waals surface area contributed by atoms with E-state index in [9.17, 15) is 16.8 Å². The zero-order valence-corrected chi connectivity index (χ0v) is 21.2. The third-order valence-corrected chi connectivity index (χ3v) is 10.5. The van der Waals surface area contributed by atoms with E-state index in [4.69, 9.17) is 11.5 Å². The van der Waals surface area contributed by atoms with Gasteiger partial charge in [-0.2, -0.15) is 8.61 Å². The van der Waals surface area contributed by atoms with Crippen molar-refractivity contribution in [3.8, 4) is 0 Å². The first-order chi connectivity index (χ1) is 15.0. The second kappa shape index (κ2) is 10.1. The molecule has 11 heteroatoms. The van der Waals surface area contributed by atoms with E-state index in [-0.39, 0.29) is 4.90 Å². The van der Waals surface area contributed by atoms with Gasteiger partial charge in [0.2, 0.25) is 20.0 Å². The summed E-state index contributed by atoms with van der Waals surface area (Å²) in [7, 11) is -6.72. The van der Waals surface area contributed by atoms with Crippen LogP contribution in [0.1, 0.15) is 31.2 Å². The molecule has 2 aliphatic rings. The largest absolute Gasteiger partial charge is 0.399 e. The number of sulfonamides is 2. The van der Waals surface area contributed by atoms with Crippen LogP contribution in [-0.2, 0) is 20.0 Å². The van der Waals surface area contributed by atoms with Crippen LogP contribution < -0.4 is 11.5 Å². The maximum atomic E-state index is 12.3. The molecule has 0 bridgehead atoms. The highest BCUT2D eigenvalue weighted by Gasteiger charge is 2.29. The van der Waals surface area contributed by atoms with E-state index < -0.39 is 20.0 Å². The van der Waals surface area contributed by atoms with Gasteiger partial charge in [0.05, 0.1) is 9.79 Å². The van der Waals surface area contributed by atoms with Crippen LogP contribution in [0.2, 0.25) is 0 Å². The fraction of sp³-hybridized carbons (Fsp3) is 0.429. The van der Waals surface area contributed by atoms with Crippen LogP contribution in [0.4, 0.5) is 11.4 Å². The van der Waals surface area contributed by atoms with Crippen LogP contribution in [-0.4, -0.2) is 51.6 Å². The first-order valence-electron chi connectivity index (χ1n) is 10.4. The summed E-state index contributed by atoms with van der Waals surface area (Å²) in [4.78, 5) is 0.601. The predicted octanol–water partition coefficient (Wildman–Crippen LogP) is 3.18. The molecule has 8 nitrogen and oxygen atoms in total. The molecule has 176 valence electrons. The van der Waals surface area contributed by atoms with Crippen LogP contribution in [0.15, 0.2) is 50.7 Å². The van der Waals surface area contributed by atoms with Gasteiger partial charge in [-0.05, 0) is 84.4 Å². The van der Waals surface area contributed by atoms with E-state index >= 15 is 0 Å². The van der Waals surface area contributed by atoms with Gasteiger partial charge in [-0.1, -0.05) is 6.07 Å². The Bertz CT molecular complexity index is 1080. The van der Waals surface area contributed by atoms with Gasteiger partial charge in [-0.3, -0.25) is 0 Å². The third kappa shape index (κ3) is 5.45. The lowest BCUT2D eigenvalue weighted by Crippen LogP contribution is -2.28. The molecule has 0 amide bonds. The van der Waals surface area contributed by atoms with Crippen LogP contribution >= 0.6 is 15.9 Å². The van der Waals surface area contributed by atoms with Crippen LogP contribution in [0.5, 0.6) is 0 Å². The van der Waals surface area contributed by atoms with Gasteiger partial charge < -0.3 is 11.5 Å². The average Bonchev–Trinajstić information content (AvgIpc) is 3.46. The number of hydrogen-bond acceptors (Lipinski definition) is 6. The van der Waals surface area contributed by atoms with Gasteiger partial charge >= 0.3 is 0 Å². The summed E-state index contributed by atoms with van der Waals surface area (Å²) < 4.78 is 52.7. The standard InChI is InChI=1S/C11H16N2O2S.C10H13BrN2O2S/c1-9-4-5-10(12)8-11(9)16(14,15)13-6-2-3-7-13;11-9-4-3-8(12)7-10(9)16(14,15)13-5-1-2-6-13/h4-5,8H,2-3,6-7,12H2,1H3;3-4,7H,1-2,5-6,12H2. The molecule has 0 radical (unpaired) electrons. The van der Waals surface area contributed by atoms with Crippen molar-refractivity contribution in [2.24, 2.45) is 0 Å². The first kappa shape index (κ1) is 25.0. The summed E-state index contributed by atoms with van der Waals surface area (Å²) in [5, 5.41) is 0. The van der Waals surface area contributed by atoms with Crippen LogP contribution in [0, 0.1) is 6.92 Å². The molecule has 0 aromatic heterocycles. The first-order valence-corrected chi connectivity index (χ1v) is 14.1. The Morgan fingerprint density at radius 1 is 0.719 bits per heavy atom. The number of nitrogens with two attached hydrogens (primary N) is 2. The Kier molecular flexibility index (Phi) is 7.87. The molecule has 0 unspecified atom stereocenters. The number of aryl methyl sites for hydroxylation is 1. The van der Waals surface area contributed by atoms with E-state index in [0.29, 0.717) is 46.9 Å². The van der Waals surface area contributed by atoms with Gasteiger partial charge in [0, 0.05) is 42.0 Å². The van der Waals surface area contributed by atoms with Gasteiger partial charge in [0.15, 0.2) is 0 Å². The van der Waals surface area contributed by atoms with Gasteiger partial charge in [-0.15, -0.1) is 0 Å². The minimum Gasteiger partial charge on any atom is -0.399 e. The Labute approximate surface area is 198 Å². The number of nitrogens with zero attached hydrogens (tertiary/aromatic N) is 2. The van der Waals surface area contributed by atoms with E-state index in [2.05, 4.69) is 15.9 Å². The molecule has 0 aliphatic carbocycles. The van der Waals surface area contributed by atoms with Crippen molar-refractivity contribution in [1.82, 2.24) is 8.61 Å². The molecular formula is C21H29BrN4O4S2. The lowest BCUT2D eigenvalue weighted by atomic mass is 10.2. The Morgan fingerprint density at radius 2 is 1.12 bits per heavy atom. The van der Waals surface area contributed by atoms with Crippen molar-refractivity contribution in [3.63, 3.8) is 0 Å². The molecule has 2 aromatic rings. The summed E-state index contributed by atoms with van der Waals surface area (Å²) in [6.45, 7) is 4.24. The molecule has 2 aromatic carbocycles. The lowest BCUT2D eigenvalue weighted by molar-refractivity contribution is 0.476. The fourth-order valence-electron chi connectivity index (χ4n) is 3.75. The van der Waals surface area contributed by atoms with Gasteiger partial charge in [0.1, 0.15) is 0 Å². The molecule has 32 heavy (non-hydrogen) atoms. The van der Waals surface area contributed by atoms with Crippen molar-refractivity contribution in [1.29, 1.82) is 0 Å². The summed E-state index contributed by atoms with van der Waals surface area (Å²) in [6.07, 6.45) is 3.75. The predicted molar refractivity (Wildman–Crippen MR) is 130 cm³/mol. The quantitative estimate of drug-likeness (QED) is 0.569. The molecule has 2 heterocycles. The van der Waals surface area contributed by atoms with Crippen molar-refractivity contribution >= 4 is 47.4 Å². The number of benzene rings is 2. The second-order valence-corrected chi connectivity index (χ2v) is 12.6. The number of halogens is 1. The second-order valence-electron chi connectivity index (χ2n) is 7.94. The molecule has 2 aliphatic heterocycles. The molecule has 0 spiro atoms. The van der Waals surface area contributed by atoms with E-state index in [1.54, 1.807) is 37.3 Å². The Morgan fingerprint density at radius 3 is 1.62 bits per heavy atom. The zero-order valence-electron chi connectivity index (χ0n) is 18.0. The molecule has 0 atom stereocenters. The highest BCUT2D eigenvalue weighted by molar-refractivity contribution is 9.10. The van der Waals surface area contributed by atoms with E-state index in [0.717, 1.165) is 31.2 Å². The molecule has 0 saturated carbocycles. The summed E-state index contributed by atoms with van der Waals surface area (Å²) in [6, 6.07) is 9.85. The van der Waals surface area contributed by atoms with Crippen molar-refractivity contribution in [2.45, 2.75) is 42.4 Å². The number of nitrogen functional groups attached to an aromatic ring is 2. The highest BCUT2D eigenvalue weighted by Crippen LogP contribution is 2.29.